The van der Waals surface area contributed by atoms with Crippen molar-refractivity contribution in [3.63, 3.8) is 0 Å². The van der Waals surface area contributed by atoms with E-state index in [9.17, 15) is 19.2 Å². The molecule has 8 heteroatoms. The van der Waals surface area contributed by atoms with E-state index in [0.717, 1.165) is 0 Å². The third kappa shape index (κ3) is 4.38. The molecular formula is C22H19NO7. The lowest BCUT2D eigenvalue weighted by Gasteiger charge is -2.29. The minimum Gasteiger partial charge on any atom is -0.442 e. The maximum Gasteiger partial charge on any atom is 0.332 e. The fraction of sp³-hybridized carbons (Fsp3) is 0.182. The zero-order valence-electron chi connectivity index (χ0n) is 16.6. The third-order valence-electron chi connectivity index (χ3n) is 4.22. The van der Waals surface area contributed by atoms with Gasteiger partial charge in [-0.25, -0.2) is 4.79 Å². The minimum atomic E-state index is -1.37. The second-order valence-electron chi connectivity index (χ2n) is 6.59. The van der Waals surface area contributed by atoms with Crippen molar-refractivity contribution < 1.29 is 33.4 Å². The van der Waals surface area contributed by atoms with Crippen LogP contribution >= 0.6 is 0 Å². The highest BCUT2D eigenvalue weighted by atomic mass is 16.6. The molecule has 0 saturated carbocycles. The Bertz CT molecular complexity index is 1060. The summed E-state index contributed by atoms with van der Waals surface area (Å²) in [5, 5.41) is 2.66. The molecule has 1 atom stereocenters. The summed E-state index contributed by atoms with van der Waals surface area (Å²) in [5.74, 6) is -1.67. The van der Waals surface area contributed by atoms with Gasteiger partial charge in [-0.1, -0.05) is 12.1 Å². The quantitative estimate of drug-likeness (QED) is 0.597. The Labute approximate surface area is 172 Å². The number of ether oxygens (including phenoxy) is 3. The molecule has 1 aliphatic rings. The summed E-state index contributed by atoms with van der Waals surface area (Å²) < 4.78 is 16.0. The fourth-order valence-corrected chi connectivity index (χ4v) is 3.15. The van der Waals surface area contributed by atoms with Crippen LogP contribution in [0.25, 0.3) is 0 Å². The van der Waals surface area contributed by atoms with Crippen LogP contribution in [-0.2, 0) is 29.5 Å². The molecule has 1 aliphatic heterocycles. The lowest BCUT2D eigenvalue weighted by molar-refractivity contribution is -0.143. The van der Waals surface area contributed by atoms with E-state index >= 15 is 0 Å². The number of cyclic esters (lactones) is 1. The molecule has 3 rings (SSSR count). The van der Waals surface area contributed by atoms with Gasteiger partial charge in [0.1, 0.15) is 11.5 Å². The van der Waals surface area contributed by atoms with Gasteiger partial charge in [-0.05, 0) is 30.3 Å². The highest BCUT2D eigenvalue weighted by Gasteiger charge is 2.42. The molecule has 30 heavy (non-hydrogen) atoms. The Morgan fingerprint density at radius 3 is 2.13 bits per heavy atom. The maximum absolute atomic E-state index is 12.0. The van der Waals surface area contributed by atoms with Crippen molar-refractivity contribution in [1.29, 1.82) is 0 Å². The van der Waals surface area contributed by atoms with E-state index in [0.29, 0.717) is 16.8 Å². The van der Waals surface area contributed by atoms with E-state index in [4.69, 9.17) is 14.2 Å². The van der Waals surface area contributed by atoms with Crippen molar-refractivity contribution >= 4 is 29.5 Å². The monoisotopic (exact) mass is 409 g/mol. The number of hydrogen-bond acceptors (Lipinski definition) is 7. The summed E-state index contributed by atoms with van der Waals surface area (Å²) in [4.78, 5) is 46.2. The topological polar surface area (TPSA) is 108 Å². The molecule has 0 radical (unpaired) electrons. The Morgan fingerprint density at radius 1 is 0.933 bits per heavy atom. The largest absolute Gasteiger partial charge is 0.442 e. The van der Waals surface area contributed by atoms with Crippen LogP contribution in [0.2, 0.25) is 0 Å². The van der Waals surface area contributed by atoms with E-state index in [2.05, 4.69) is 5.32 Å². The van der Waals surface area contributed by atoms with E-state index in [1.165, 1.54) is 39.0 Å². The molecule has 1 amide bonds. The van der Waals surface area contributed by atoms with Gasteiger partial charge in [0.05, 0.1) is 0 Å². The number of esters is 3. The van der Waals surface area contributed by atoms with Crippen LogP contribution < -0.4 is 14.8 Å². The van der Waals surface area contributed by atoms with Crippen LogP contribution in [0.5, 0.6) is 11.5 Å². The maximum atomic E-state index is 12.0. The number of nitrogens with one attached hydrogen (secondary N) is 1. The first-order valence-electron chi connectivity index (χ1n) is 9.01. The number of amides is 1. The molecule has 1 N–H and O–H groups in total. The molecule has 0 fully saturated rings. The number of hydrogen-bond donors (Lipinski definition) is 1. The Morgan fingerprint density at radius 2 is 1.60 bits per heavy atom. The summed E-state index contributed by atoms with van der Waals surface area (Å²) in [6.45, 7) is 3.87. The van der Waals surface area contributed by atoms with Crippen molar-refractivity contribution in [3.8, 4) is 11.5 Å². The van der Waals surface area contributed by atoms with Gasteiger partial charge in [-0.15, -0.1) is 0 Å². The fourth-order valence-electron chi connectivity index (χ4n) is 3.15. The average molecular weight is 409 g/mol. The molecule has 0 aromatic heterocycles. The van der Waals surface area contributed by atoms with E-state index in [1.54, 1.807) is 36.4 Å². The van der Waals surface area contributed by atoms with Gasteiger partial charge < -0.3 is 19.5 Å². The van der Waals surface area contributed by atoms with Gasteiger partial charge in [0.15, 0.2) is 5.60 Å². The molecule has 0 saturated heterocycles. The third-order valence-corrected chi connectivity index (χ3v) is 4.22. The zero-order chi connectivity index (χ0) is 21.9. The van der Waals surface area contributed by atoms with Gasteiger partial charge in [-0.2, -0.15) is 0 Å². The van der Waals surface area contributed by atoms with Gasteiger partial charge in [-0.3, -0.25) is 14.4 Å². The molecule has 154 valence electrons. The van der Waals surface area contributed by atoms with Crippen LogP contribution in [0.3, 0.4) is 0 Å². The smallest absolute Gasteiger partial charge is 0.332 e. The normalized spacial score (nSPS) is 17.2. The van der Waals surface area contributed by atoms with E-state index in [1.807, 2.05) is 0 Å². The number of rotatable bonds is 5. The molecule has 0 spiro atoms. The number of carbonyl (C=O) groups is 4. The molecule has 2 aromatic rings. The summed E-state index contributed by atoms with van der Waals surface area (Å²) >= 11 is 0. The first-order chi connectivity index (χ1) is 14.2. The first-order valence-corrected chi connectivity index (χ1v) is 9.01. The Kier molecular flexibility index (Phi) is 5.68. The van der Waals surface area contributed by atoms with Gasteiger partial charge in [0, 0.05) is 49.7 Å². The van der Waals surface area contributed by atoms with Crippen molar-refractivity contribution in [2.24, 2.45) is 0 Å². The SMILES string of the molecule is CC(=O)Nc1ccc(C2(c3ccc(OC(C)=O)cc3OC(C)=O)C=CC(=O)O2)cc1. The van der Waals surface area contributed by atoms with Gasteiger partial charge in [0.2, 0.25) is 5.91 Å². The standard InChI is InChI=1S/C22H19NO7/c1-13(24)23-17-6-4-16(5-7-17)22(11-10-21(27)30-22)19-9-8-18(28-14(2)25)12-20(19)29-15(3)26/h4-12H,1-3H3,(H,23,24). The predicted octanol–water partition coefficient (Wildman–Crippen LogP) is 2.85. The van der Waals surface area contributed by atoms with Crippen molar-refractivity contribution in [2.75, 3.05) is 5.32 Å². The lowest BCUT2D eigenvalue weighted by atomic mass is 9.85. The molecule has 0 bridgehead atoms. The zero-order valence-corrected chi connectivity index (χ0v) is 16.6. The summed E-state index contributed by atoms with van der Waals surface area (Å²) in [6.07, 6.45) is 2.83. The van der Waals surface area contributed by atoms with Gasteiger partial charge in [0.25, 0.3) is 0 Å². The molecule has 2 aromatic carbocycles. The van der Waals surface area contributed by atoms with E-state index < -0.39 is 23.5 Å². The van der Waals surface area contributed by atoms with E-state index in [-0.39, 0.29) is 17.4 Å². The van der Waals surface area contributed by atoms with Crippen molar-refractivity contribution in [3.05, 3.63) is 65.7 Å². The second-order valence-corrected chi connectivity index (χ2v) is 6.59. The van der Waals surface area contributed by atoms with Crippen LogP contribution in [0, 0.1) is 0 Å². The average Bonchev–Trinajstić information content (AvgIpc) is 3.04. The highest BCUT2D eigenvalue weighted by molar-refractivity contribution is 5.89. The van der Waals surface area contributed by atoms with Crippen LogP contribution in [0.1, 0.15) is 31.9 Å². The molecule has 0 aliphatic carbocycles. The van der Waals surface area contributed by atoms with Crippen LogP contribution in [0.15, 0.2) is 54.6 Å². The summed E-state index contributed by atoms with van der Waals surface area (Å²) in [5.41, 5.74) is 0.126. The number of anilines is 1. The molecular weight excluding hydrogens is 390 g/mol. The minimum absolute atomic E-state index is 0.0755. The van der Waals surface area contributed by atoms with Crippen molar-refractivity contribution in [1.82, 2.24) is 0 Å². The molecule has 8 nitrogen and oxygen atoms in total. The molecule has 1 heterocycles. The summed E-state index contributed by atoms with van der Waals surface area (Å²) in [6, 6.07) is 11.1. The highest BCUT2D eigenvalue weighted by Crippen LogP contribution is 2.44. The first kappa shape index (κ1) is 20.8. The van der Waals surface area contributed by atoms with Crippen LogP contribution in [0.4, 0.5) is 5.69 Å². The lowest BCUT2D eigenvalue weighted by Crippen LogP contribution is -2.28. The number of benzene rings is 2. The Balaban J connectivity index is 2.12. The summed E-state index contributed by atoms with van der Waals surface area (Å²) in [7, 11) is 0. The number of carbonyl (C=O) groups excluding carboxylic acids is 4. The predicted molar refractivity (Wildman–Crippen MR) is 106 cm³/mol. The molecule has 1 unspecified atom stereocenters. The van der Waals surface area contributed by atoms with Gasteiger partial charge >= 0.3 is 17.9 Å². The second kappa shape index (κ2) is 8.20. The van der Waals surface area contributed by atoms with Crippen LogP contribution in [-0.4, -0.2) is 23.8 Å². The Hall–Kier alpha value is -3.94. The van der Waals surface area contributed by atoms with Crippen molar-refractivity contribution in [2.45, 2.75) is 26.4 Å².